The molecule has 0 saturated heterocycles. The van der Waals surface area contributed by atoms with Crippen molar-refractivity contribution in [3.8, 4) is 0 Å². The molecule has 0 amide bonds. The summed E-state index contributed by atoms with van der Waals surface area (Å²) in [4.78, 5) is 10.0. The van der Waals surface area contributed by atoms with E-state index in [-0.39, 0.29) is 12.4 Å². The molecule has 0 radical (unpaired) electrons. The lowest BCUT2D eigenvalue weighted by atomic mass is 10.4. The molecule has 17 heavy (non-hydrogen) atoms. The van der Waals surface area contributed by atoms with Gasteiger partial charge in [-0.2, -0.15) is 4.68 Å². The SMILES string of the molecule is NNc1snnc1Cn1cc(Br)c([N+](=O)[O-])n1. The van der Waals surface area contributed by atoms with Crippen LogP contribution in [0, 0.1) is 10.1 Å². The second-order valence-corrected chi connectivity index (χ2v) is 4.56. The summed E-state index contributed by atoms with van der Waals surface area (Å²) in [6.45, 7) is 0.252. The first-order valence-corrected chi connectivity index (χ1v) is 5.83. The van der Waals surface area contributed by atoms with Gasteiger partial charge in [-0.3, -0.25) is 0 Å². The number of hydrogen-bond donors (Lipinski definition) is 2. The summed E-state index contributed by atoms with van der Waals surface area (Å²) in [5, 5.41) is 18.8. The molecule has 0 fully saturated rings. The number of aromatic nitrogens is 4. The van der Waals surface area contributed by atoms with Crippen LogP contribution >= 0.6 is 27.5 Å². The van der Waals surface area contributed by atoms with Crippen molar-refractivity contribution >= 4 is 38.3 Å². The van der Waals surface area contributed by atoms with E-state index in [0.717, 1.165) is 11.5 Å². The molecule has 0 bridgehead atoms. The highest BCUT2D eigenvalue weighted by Crippen LogP contribution is 2.23. The van der Waals surface area contributed by atoms with Gasteiger partial charge in [0, 0.05) is 11.5 Å². The van der Waals surface area contributed by atoms with Crippen molar-refractivity contribution < 1.29 is 4.92 Å². The highest BCUT2D eigenvalue weighted by atomic mass is 79.9. The number of hydrogen-bond acceptors (Lipinski definition) is 8. The fraction of sp³-hybridized carbons (Fsp3) is 0.167. The maximum atomic E-state index is 10.6. The van der Waals surface area contributed by atoms with Gasteiger partial charge in [-0.1, -0.05) is 4.49 Å². The van der Waals surface area contributed by atoms with E-state index in [9.17, 15) is 10.1 Å². The Bertz CT molecular complexity index is 552. The molecular formula is C6H6BrN7O2S. The van der Waals surface area contributed by atoms with Crippen molar-refractivity contribution in [1.29, 1.82) is 0 Å². The van der Waals surface area contributed by atoms with Gasteiger partial charge in [0.2, 0.25) is 0 Å². The lowest BCUT2D eigenvalue weighted by Gasteiger charge is -1.96. The molecule has 0 atom stereocenters. The molecule has 0 aromatic carbocycles. The minimum Gasteiger partial charge on any atom is -0.358 e. The fourth-order valence-electron chi connectivity index (χ4n) is 1.17. The second kappa shape index (κ2) is 4.73. The lowest BCUT2D eigenvalue weighted by Crippen LogP contribution is -2.09. The zero-order valence-corrected chi connectivity index (χ0v) is 10.6. The van der Waals surface area contributed by atoms with E-state index in [1.807, 2.05) is 0 Å². The minimum atomic E-state index is -0.567. The van der Waals surface area contributed by atoms with Crippen molar-refractivity contribution in [1.82, 2.24) is 19.4 Å². The molecule has 0 aliphatic heterocycles. The number of halogens is 1. The predicted molar refractivity (Wildman–Crippen MR) is 63.4 cm³/mol. The van der Waals surface area contributed by atoms with E-state index >= 15 is 0 Å². The number of nitro groups is 1. The van der Waals surface area contributed by atoms with Crippen molar-refractivity contribution in [2.45, 2.75) is 6.54 Å². The molecule has 0 saturated carbocycles. The quantitative estimate of drug-likeness (QED) is 0.483. The van der Waals surface area contributed by atoms with Crippen LogP contribution < -0.4 is 11.3 Å². The predicted octanol–water partition coefficient (Wildman–Crippen LogP) is 0.739. The van der Waals surface area contributed by atoms with Crippen LogP contribution in [0.2, 0.25) is 0 Å². The van der Waals surface area contributed by atoms with E-state index in [2.05, 4.69) is 36.0 Å². The summed E-state index contributed by atoms with van der Waals surface area (Å²) in [5.74, 6) is 5.03. The summed E-state index contributed by atoms with van der Waals surface area (Å²) < 4.78 is 5.42. The molecule has 0 aliphatic carbocycles. The molecule has 2 rings (SSSR count). The normalized spacial score (nSPS) is 10.5. The molecule has 0 unspecified atom stereocenters. The van der Waals surface area contributed by atoms with Gasteiger partial charge in [0.25, 0.3) is 0 Å². The Morgan fingerprint density at radius 1 is 1.71 bits per heavy atom. The van der Waals surface area contributed by atoms with Crippen molar-refractivity contribution in [3.05, 3.63) is 26.5 Å². The number of nitrogens with one attached hydrogen (secondary N) is 1. The molecule has 2 heterocycles. The largest absolute Gasteiger partial charge is 0.404 e. The molecular weight excluding hydrogens is 314 g/mol. The average molecular weight is 320 g/mol. The first-order chi connectivity index (χ1) is 8.11. The molecule has 3 N–H and O–H groups in total. The summed E-state index contributed by atoms with van der Waals surface area (Å²) in [6.07, 6.45) is 1.50. The molecule has 11 heteroatoms. The van der Waals surface area contributed by atoms with Crippen molar-refractivity contribution in [3.63, 3.8) is 0 Å². The molecule has 2 aromatic rings. The Morgan fingerprint density at radius 3 is 3.06 bits per heavy atom. The maximum Gasteiger partial charge on any atom is 0.404 e. The van der Waals surface area contributed by atoms with Crippen LogP contribution in [0.5, 0.6) is 0 Å². The van der Waals surface area contributed by atoms with Gasteiger partial charge in [-0.25, -0.2) is 5.84 Å². The van der Waals surface area contributed by atoms with Gasteiger partial charge in [-0.15, -0.1) is 5.10 Å². The van der Waals surface area contributed by atoms with E-state index in [1.54, 1.807) is 0 Å². The van der Waals surface area contributed by atoms with Gasteiger partial charge >= 0.3 is 5.82 Å². The molecule has 0 aliphatic rings. The lowest BCUT2D eigenvalue weighted by molar-refractivity contribution is -0.390. The van der Waals surface area contributed by atoms with Crippen LogP contribution in [0.1, 0.15) is 5.69 Å². The van der Waals surface area contributed by atoms with Crippen molar-refractivity contribution in [2.75, 3.05) is 5.43 Å². The zero-order chi connectivity index (χ0) is 12.4. The van der Waals surface area contributed by atoms with Crippen LogP contribution in [-0.2, 0) is 6.54 Å². The highest BCUT2D eigenvalue weighted by molar-refractivity contribution is 9.10. The number of rotatable bonds is 4. The summed E-state index contributed by atoms with van der Waals surface area (Å²) in [7, 11) is 0. The number of nitrogen functional groups attached to an aromatic ring is 1. The van der Waals surface area contributed by atoms with Gasteiger partial charge in [0.1, 0.15) is 21.7 Å². The first kappa shape index (κ1) is 11.9. The van der Waals surface area contributed by atoms with Crippen molar-refractivity contribution in [2.24, 2.45) is 5.84 Å². The third-order valence-corrected chi connectivity index (χ3v) is 3.13. The Morgan fingerprint density at radius 2 is 2.47 bits per heavy atom. The zero-order valence-electron chi connectivity index (χ0n) is 8.20. The fourth-order valence-corrected chi connectivity index (χ4v) is 2.11. The Balaban J connectivity index is 2.25. The second-order valence-electron chi connectivity index (χ2n) is 2.95. The van der Waals surface area contributed by atoms with E-state index < -0.39 is 4.92 Å². The topological polar surface area (TPSA) is 125 Å². The molecule has 0 spiro atoms. The van der Waals surface area contributed by atoms with Crippen LogP contribution in [0.4, 0.5) is 10.8 Å². The summed E-state index contributed by atoms with van der Waals surface area (Å²) in [6, 6.07) is 0. The van der Waals surface area contributed by atoms with Crippen LogP contribution in [0.25, 0.3) is 0 Å². The molecule has 90 valence electrons. The smallest absolute Gasteiger partial charge is 0.358 e. The molecule has 9 nitrogen and oxygen atoms in total. The van der Waals surface area contributed by atoms with Gasteiger partial charge in [0.05, 0.1) is 11.3 Å². The Kier molecular flexibility index (Phi) is 3.31. The third-order valence-electron chi connectivity index (χ3n) is 1.87. The average Bonchev–Trinajstić information content (AvgIpc) is 2.85. The highest BCUT2D eigenvalue weighted by Gasteiger charge is 2.20. The van der Waals surface area contributed by atoms with Gasteiger partial charge < -0.3 is 15.5 Å². The van der Waals surface area contributed by atoms with Gasteiger partial charge in [0.15, 0.2) is 0 Å². The first-order valence-electron chi connectivity index (χ1n) is 4.27. The van der Waals surface area contributed by atoms with E-state index in [0.29, 0.717) is 15.2 Å². The van der Waals surface area contributed by atoms with E-state index in [1.165, 1.54) is 10.9 Å². The Hall–Kier alpha value is -1.59. The summed E-state index contributed by atoms with van der Waals surface area (Å²) >= 11 is 4.16. The monoisotopic (exact) mass is 319 g/mol. The van der Waals surface area contributed by atoms with Crippen LogP contribution in [-0.4, -0.2) is 24.3 Å². The van der Waals surface area contributed by atoms with E-state index in [4.69, 9.17) is 5.84 Å². The maximum absolute atomic E-state index is 10.6. The molecule has 2 aromatic heterocycles. The standard InChI is InChI=1S/C6H6BrN7O2S/c7-3-1-13(11-5(3)14(15)16)2-4-6(9-8)17-12-10-4/h1,9H,2,8H2. The Labute approximate surface area is 107 Å². The summed E-state index contributed by atoms with van der Waals surface area (Å²) in [5.41, 5.74) is 3.02. The minimum absolute atomic E-state index is 0.240. The third kappa shape index (κ3) is 2.40. The number of anilines is 1. The number of nitrogens with zero attached hydrogens (tertiary/aromatic N) is 5. The van der Waals surface area contributed by atoms with Crippen LogP contribution in [0.15, 0.2) is 10.7 Å². The number of hydrazine groups is 1. The van der Waals surface area contributed by atoms with Crippen LogP contribution in [0.3, 0.4) is 0 Å². The number of nitrogens with two attached hydrogens (primary N) is 1. The van der Waals surface area contributed by atoms with Gasteiger partial charge in [-0.05, 0) is 20.9 Å².